The Balaban J connectivity index is 2.09. The molecule has 2 aromatic rings. The van der Waals surface area contributed by atoms with Crippen LogP contribution in [0.25, 0.3) is 5.76 Å². The molecule has 0 aliphatic carbocycles. The number of likely N-dealkylation sites (tertiary alicyclic amines) is 1. The molecule has 2 heterocycles. The van der Waals surface area contributed by atoms with E-state index in [0.717, 1.165) is 19.3 Å². The van der Waals surface area contributed by atoms with E-state index >= 15 is 0 Å². The van der Waals surface area contributed by atoms with Crippen molar-refractivity contribution in [2.45, 2.75) is 39.2 Å². The Morgan fingerprint density at radius 1 is 1.15 bits per heavy atom. The highest BCUT2D eigenvalue weighted by atomic mass is 19.1. The Kier molecular flexibility index (Phi) is 5.44. The number of hydrogen-bond donors (Lipinski definition) is 1. The van der Waals surface area contributed by atoms with Gasteiger partial charge in [0.15, 0.2) is 0 Å². The van der Waals surface area contributed by atoms with Crippen LogP contribution in [0.15, 0.2) is 46.4 Å². The van der Waals surface area contributed by atoms with Gasteiger partial charge in [-0.15, -0.1) is 0 Å². The highest BCUT2D eigenvalue weighted by molar-refractivity contribution is 6.46. The molecule has 1 saturated heterocycles. The van der Waals surface area contributed by atoms with Crippen molar-refractivity contribution in [1.29, 1.82) is 0 Å². The van der Waals surface area contributed by atoms with Crippen LogP contribution in [-0.4, -0.2) is 28.2 Å². The van der Waals surface area contributed by atoms with E-state index in [1.54, 1.807) is 19.1 Å². The first-order chi connectivity index (χ1) is 12.9. The topological polar surface area (TPSA) is 70.8 Å². The van der Waals surface area contributed by atoms with Gasteiger partial charge in [-0.05, 0) is 49.7 Å². The Morgan fingerprint density at radius 3 is 2.44 bits per heavy atom. The minimum atomic E-state index is -0.791. The molecule has 3 rings (SSSR count). The van der Waals surface area contributed by atoms with Crippen LogP contribution in [0.4, 0.5) is 4.39 Å². The zero-order valence-electron chi connectivity index (χ0n) is 15.4. The molecule has 142 valence electrons. The fourth-order valence-electron chi connectivity index (χ4n) is 3.30. The number of unbranched alkanes of at least 4 members (excludes halogenated alkanes) is 2. The number of aryl methyl sites for hydroxylation is 1. The summed E-state index contributed by atoms with van der Waals surface area (Å²) in [5, 5.41) is 10.7. The minimum Gasteiger partial charge on any atom is -0.507 e. The average molecular weight is 371 g/mol. The fourth-order valence-corrected chi connectivity index (χ4v) is 3.30. The van der Waals surface area contributed by atoms with E-state index in [-0.39, 0.29) is 16.9 Å². The lowest BCUT2D eigenvalue weighted by Gasteiger charge is -2.23. The van der Waals surface area contributed by atoms with Gasteiger partial charge in [0.2, 0.25) is 0 Å². The summed E-state index contributed by atoms with van der Waals surface area (Å²) in [5.41, 5.74) is 0.244. The maximum absolute atomic E-state index is 13.2. The largest absolute Gasteiger partial charge is 0.507 e. The zero-order chi connectivity index (χ0) is 19.6. The van der Waals surface area contributed by atoms with Gasteiger partial charge < -0.3 is 14.4 Å². The molecule has 5 nitrogen and oxygen atoms in total. The SMILES string of the molecule is CCCCCN1C(=O)C(=O)/C(=C(\O)c2ccc(F)cc2)C1c1ccc(C)o1. The number of carbonyl (C=O) groups excluding carboxylic acids is 2. The van der Waals surface area contributed by atoms with Gasteiger partial charge in [-0.2, -0.15) is 0 Å². The number of benzene rings is 1. The molecule has 1 N–H and O–H groups in total. The van der Waals surface area contributed by atoms with Crippen molar-refractivity contribution in [3.8, 4) is 0 Å². The number of furan rings is 1. The van der Waals surface area contributed by atoms with Crippen molar-refractivity contribution in [3.05, 3.63) is 64.9 Å². The molecule has 1 aliphatic rings. The molecule has 1 fully saturated rings. The summed E-state index contributed by atoms with van der Waals surface area (Å²) >= 11 is 0. The second-order valence-electron chi connectivity index (χ2n) is 6.65. The predicted molar refractivity (Wildman–Crippen MR) is 98.4 cm³/mol. The summed E-state index contributed by atoms with van der Waals surface area (Å²) < 4.78 is 18.9. The van der Waals surface area contributed by atoms with E-state index in [1.807, 2.05) is 0 Å². The minimum absolute atomic E-state index is 0.0301. The summed E-state index contributed by atoms with van der Waals surface area (Å²) in [6.45, 7) is 4.21. The third-order valence-corrected chi connectivity index (χ3v) is 4.69. The number of aliphatic hydroxyl groups excluding tert-OH is 1. The van der Waals surface area contributed by atoms with Crippen molar-refractivity contribution in [3.63, 3.8) is 0 Å². The number of amides is 1. The number of nitrogens with zero attached hydrogens (tertiary/aromatic N) is 1. The first-order valence-electron chi connectivity index (χ1n) is 9.04. The van der Waals surface area contributed by atoms with Crippen molar-refractivity contribution < 1.29 is 23.5 Å². The zero-order valence-corrected chi connectivity index (χ0v) is 15.4. The van der Waals surface area contributed by atoms with Crippen LogP contribution in [0.5, 0.6) is 0 Å². The molecule has 1 aromatic carbocycles. The number of hydrogen-bond acceptors (Lipinski definition) is 4. The van der Waals surface area contributed by atoms with Crippen LogP contribution in [-0.2, 0) is 9.59 Å². The molecule has 0 bridgehead atoms. The number of carbonyl (C=O) groups is 2. The molecule has 0 spiro atoms. The lowest BCUT2D eigenvalue weighted by Crippen LogP contribution is -2.30. The van der Waals surface area contributed by atoms with Crippen LogP contribution in [0, 0.1) is 12.7 Å². The van der Waals surface area contributed by atoms with Crippen molar-refractivity contribution in [1.82, 2.24) is 4.90 Å². The Morgan fingerprint density at radius 2 is 1.85 bits per heavy atom. The third-order valence-electron chi connectivity index (χ3n) is 4.69. The van der Waals surface area contributed by atoms with Gasteiger partial charge in [0, 0.05) is 12.1 Å². The van der Waals surface area contributed by atoms with E-state index in [2.05, 4.69) is 6.92 Å². The number of aliphatic hydroxyl groups is 1. The van der Waals surface area contributed by atoms with E-state index in [1.165, 1.54) is 29.2 Å². The van der Waals surface area contributed by atoms with Gasteiger partial charge in [-0.3, -0.25) is 9.59 Å². The van der Waals surface area contributed by atoms with Crippen LogP contribution in [0.1, 0.15) is 49.3 Å². The number of ketones is 1. The van der Waals surface area contributed by atoms with Gasteiger partial charge in [0.05, 0.1) is 5.57 Å². The van der Waals surface area contributed by atoms with Crippen LogP contribution < -0.4 is 0 Å². The van der Waals surface area contributed by atoms with Gasteiger partial charge in [-0.25, -0.2) is 4.39 Å². The maximum Gasteiger partial charge on any atom is 0.295 e. The molecule has 1 aromatic heterocycles. The molecular formula is C21H22FNO4. The van der Waals surface area contributed by atoms with Crippen LogP contribution in [0.2, 0.25) is 0 Å². The van der Waals surface area contributed by atoms with Gasteiger partial charge in [0.1, 0.15) is 29.1 Å². The molecule has 6 heteroatoms. The lowest BCUT2D eigenvalue weighted by atomic mass is 9.99. The van der Waals surface area contributed by atoms with E-state index in [9.17, 15) is 19.1 Å². The molecule has 1 amide bonds. The standard InChI is InChI=1S/C21H22FNO4/c1-3-4-5-12-23-18(16-11-6-13(2)27-16)17(20(25)21(23)26)19(24)14-7-9-15(22)10-8-14/h6-11,18,24H,3-5,12H2,1-2H3/b19-17-. The summed E-state index contributed by atoms with van der Waals surface area (Å²) in [7, 11) is 0. The normalized spacial score (nSPS) is 19.1. The molecule has 27 heavy (non-hydrogen) atoms. The van der Waals surface area contributed by atoms with Crippen LogP contribution in [0.3, 0.4) is 0 Å². The Labute approximate surface area is 157 Å². The van der Waals surface area contributed by atoms with E-state index in [0.29, 0.717) is 18.1 Å². The maximum atomic E-state index is 13.2. The summed E-state index contributed by atoms with van der Waals surface area (Å²) in [4.78, 5) is 26.8. The van der Waals surface area contributed by atoms with E-state index < -0.39 is 23.5 Å². The predicted octanol–water partition coefficient (Wildman–Crippen LogP) is 4.34. The molecule has 0 saturated carbocycles. The molecule has 0 radical (unpaired) electrons. The van der Waals surface area contributed by atoms with Crippen molar-refractivity contribution >= 4 is 17.4 Å². The van der Waals surface area contributed by atoms with Crippen LogP contribution >= 0.6 is 0 Å². The average Bonchev–Trinajstić information content (AvgIpc) is 3.18. The molecule has 1 aliphatic heterocycles. The summed E-state index contributed by atoms with van der Waals surface area (Å²) in [5.74, 6) is -1.13. The number of halogens is 1. The Bertz CT molecular complexity index is 882. The van der Waals surface area contributed by atoms with Gasteiger partial charge >= 0.3 is 0 Å². The molecule has 1 atom stereocenters. The smallest absolute Gasteiger partial charge is 0.295 e. The highest BCUT2D eigenvalue weighted by Gasteiger charge is 2.47. The number of rotatable bonds is 6. The van der Waals surface area contributed by atoms with Gasteiger partial charge in [-0.1, -0.05) is 19.8 Å². The first kappa shape index (κ1) is 18.9. The molecule has 1 unspecified atom stereocenters. The second-order valence-corrected chi connectivity index (χ2v) is 6.65. The first-order valence-corrected chi connectivity index (χ1v) is 9.04. The summed E-state index contributed by atoms with van der Waals surface area (Å²) in [6.07, 6.45) is 2.64. The second kappa shape index (κ2) is 7.78. The third kappa shape index (κ3) is 3.65. The molecular weight excluding hydrogens is 349 g/mol. The van der Waals surface area contributed by atoms with E-state index in [4.69, 9.17) is 4.42 Å². The quantitative estimate of drug-likeness (QED) is 0.355. The Hall–Kier alpha value is -2.89. The van der Waals surface area contributed by atoms with Crippen molar-refractivity contribution in [2.24, 2.45) is 0 Å². The number of Topliss-reactive ketones (excluding diaryl/α,β-unsaturated/α-hetero) is 1. The van der Waals surface area contributed by atoms with Gasteiger partial charge in [0.25, 0.3) is 11.7 Å². The fraction of sp³-hybridized carbons (Fsp3) is 0.333. The lowest BCUT2D eigenvalue weighted by molar-refractivity contribution is -0.140. The monoisotopic (exact) mass is 371 g/mol. The highest BCUT2D eigenvalue weighted by Crippen LogP contribution is 2.40. The van der Waals surface area contributed by atoms with Crippen molar-refractivity contribution in [2.75, 3.05) is 6.54 Å². The summed E-state index contributed by atoms with van der Waals surface area (Å²) in [6, 6.07) is 7.80.